The van der Waals surface area contributed by atoms with Crippen LogP contribution in [0.1, 0.15) is 47.0 Å². The minimum Gasteiger partial charge on any atom is -0.300 e. The number of hydrogen-bond donors (Lipinski definition) is 0. The molecule has 0 aliphatic heterocycles. The van der Waals surface area contributed by atoms with E-state index < -0.39 is 0 Å². The van der Waals surface area contributed by atoms with E-state index in [1.54, 1.807) is 6.92 Å². The molecule has 1 fully saturated rings. The molecule has 0 saturated heterocycles. The third-order valence-electron chi connectivity index (χ3n) is 2.96. The van der Waals surface area contributed by atoms with Crippen molar-refractivity contribution in [3.05, 3.63) is 0 Å². The average molecular weight is 168 g/mol. The summed E-state index contributed by atoms with van der Waals surface area (Å²) in [5, 5.41) is 0. The monoisotopic (exact) mass is 168 g/mol. The van der Waals surface area contributed by atoms with Gasteiger partial charge in [-0.15, -0.1) is 0 Å². The van der Waals surface area contributed by atoms with Crippen molar-refractivity contribution in [2.45, 2.75) is 47.0 Å². The predicted molar refractivity (Wildman–Crippen MR) is 51.0 cm³/mol. The van der Waals surface area contributed by atoms with Crippen LogP contribution in [0.2, 0.25) is 0 Å². The van der Waals surface area contributed by atoms with Crippen molar-refractivity contribution in [3.63, 3.8) is 0 Å². The van der Waals surface area contributed by atoms with Crippen LogP contribution in [-0.2, 0) is 4.79 Å². The molecule has 0 heterocycles. The van der Waals surface area contributed by atoms with Gasteiger partial charge in [0, 0.05) is 5.92 Å². The lowest BCUT2D eigenvalue weighted by atomic mass is 9.67. The van der Waals surface area contributed by atoms with Gasteiger partial charge >= 0.3 is 0 Å². The van der Waals surface area contributed by atoms with E-state index in [9.17, 15) is 4.79 Å². The molecule has 1 aliphatic carbocycles. The lowest BCUT2D eigenvalue weighted by Crippen LogP contribution is -2.30. The van der Waals surface area contributed by atoms with Gasteiger partial charge in [-0.25, -0.2) is 0 Å². The van der Waals surface area contributed by atoms with Crippen molar-refractivity contribution in [2.24, 2.45) is 17.3 Å². The fraction of sp³-hybridized carbons (Fsp3) is 0.909. The summed E-state index contributed by atoms with van der Waals surface area (Å²) in [6.07, 6.45) is 3.47. The Hall–Kier alpha value is -0.330. The van der Waals surface area contributed by atoms with Crippen LogP contribution in [0, 0.1) is 17.3 Å². The maximum atomic E-state index is 11.2. The zero-order chi connectivity index (χ0) is 9.35. The van der Waals surface area contributed by atoms with Gasteiger partial charge in [0.2, 0.25) is 0 Å². The molecule has 1 heteroatoms. The van der Waals surface area contributed by atoms with Gasteiger partial charge in [-0.1, -0.05) is 20.8 Å². The second-order valence-corrected chi connectivity index (χ2v) is 5.22. The number of carbonyl (C=O) groups is 1. The van der Waals surface area contributed by atoms with Crippen molar-refractivity contribution in [3.8, 4) is 0 Å². The molecule has 0 bridgehead atoms. The third-order valence-corrected chi connectivity index (χ3v) is 2.96. The van der Waals surface area contributed by atoms with Gasteiger partial charge in [0.25, 0.3) is 0 Å². The van der Waals surface area contributed by atoms with Crippen LogP contribution in [0.5, 0.6) is 0 Å². The molecular formula is C11H20O. The number of carbonyl (C=O) groups excluding carboxylic acids is 1. The van der Waals surface area contributed by atoms with Crippen LogP contribution >= 0.6 is 0 Å². The number of ketones is 1. The summed E-state index contributed by atoms with van der Waals surface area (Å²) in [5.74, 6) is 1.45. The second kappa shape index (κ2) is 3.20. The topological polar surface area (TPSA) is 17.1 Å². The van der Waals surface area contributed by atoms with Crippen LogP contribution in [-0.4, -0.2) is 5.78 Å². The molecular weight excluding hydrogens is 148 g/mol. The summed E-state index contributed by atoms with van der Waals surface area (Å²) in [6.45, 7) is 8.55. The number of Topliss-reactive ketones (excluding diaryl/α,β-unsaturated/α-hetero) is 1. The Bertz CT molecular complexity index is 181. The molecule has 1 rings (SSSR count). The highest BCUT2D eigenvalue weighted by Crippen LogP contribution is 2.41. The van der Waals surface area contributed by atoms with Crippen molar-refractivity contribution in [1.82, 2.24) is 0 Å². The maximum absolute atomic E-state index is 11.2. The molecule has 0 amide bonds. The lowest BCUT2D eigenvalue weighted by molar-refractivity contribution is -0.123. The molecule has 1 saturated carbocycles. The Morgan fingerprint density at radius 3 is 2.33 bits per heavy atom. The fourth-order valence-corrected chi connectivity index (χ4v) is 2.66. The molecule has 0 aromatic heterocycles. The highest BCUT2D eigenvalue weighted by atomic mass is 16.1. The summed E-state index contributed by atoms with van der Waals surface area (Å²) in [4.78, 5) is 11.2. The van der Waals surface area contributed by atoms with Crippen molar-refractivity contribution >= 4 is 5.78 Å². The van der Waals surface area contributed by atoms with E-state index in [1.807, 2.05) is 0 Å². The Morgan fingerprint density at radius 1 is 1.33 bits per heavy atom. The van der Waals surface area contributed by atoms with E-state index in [-0.39, 0.29) is 0 Å². The number of rotatable bonds is 1. The Kier molecular flexibility index (Phi) is 2.60. The van der Waals surface area contributed by atoms with Crippen LogP contribution < -0.4 is 0 Å². The first-order chi connectivity index (χ1) is 5.41. The summed E-state index contributed by atoms with van der Waals surface area (Å²) < 4.78 is 0. The first-order valence-corrected chi connectivity index (χ1v) is 4.91. The van der Waals surface area contributed by atoms with Crippen molar-refractivity contribution < 1.29 is 4.79 Å². The smallest absolute Gasteiger partial charge is 0.132 e. The van der Waals surface area contributed by atoms with E-state index >= 15 is 0 Å². The Balaban J connectivity index is 2.64. The molecule has 0 N–H and O–H groups in total. The van der Waals surface area contributed by atoms with Gasteiger partial charge in [-0.2, -0.15) is 0 Å². The van der Waals surface area contributed by atoms with Gasteiger partial charge in [0.05, 0.1) is 0 Å². The van der Waals surface area contributed by atoms with Gasteiger partial charge < -0.3 is 0 Å². The fourth-order valence-electron chi connectivity index (χ4n) is 2.66. The zero-order valence-corrected chi connectivity index (χ0v) is 8.68. The van der Waals surface area contributed by atoms with E-state index in [2.05, 4.69) is 20.8 Å². The standard InChI is InChI=1S/C11H20O/c1-8-5-10(9(2)12)7-11(3,4)6-8/h8,10H,5-7H2,1-4H3/t8-,10-/m1/s1. The van der Waals surface area contributed by atoms with E-state index in [4.69, 9.17) is 0 Å². The van der Waals surface area contributed by atoms with E-state index in [0.717, 1.165) is 18.8 Å². The minimum absolute atomic E-state index is 0.337. The third kappa shape index (κ3) is 2.33. The Morgan fingerprint density at radius 2 is 1.92 bits per heavy atom. The number of hydrogen-bond acceptors (Lipinski definition) is 1. The molecule has 2 atom stereocenters. The van der Waals surface area contributed by atoms with Crippen molar-refractivity contribution in [1.29, 1.82) is 0 Å². The van der Waals surface area contributed by atoms with Crippen LogP contribution in [0.4, 0.5) is 0 Å². The normalized spacial score (nSPS) is 34.7. The highest BCUT2D eigenvalue weighted by Gasteiger charge is 2.33. The molecule has 1 nitrogen and oxygen atoms in total. The summed E-state index contributed by atoms with van der Waals surface area (Å²) in [5.41, 5.74) is 0.383. The molecule has 0 spiro atoms. The molecule has 0 radical (unpaired) electrons. The van der Waals surface area contributed by atoms with Crippen LogP contribution in [0.15, 0.2) is 0 Å². The Labute approximate surface area is 75.5 Å². The van der Waals surface area contributed by atoms with Crippen LogP contribution in [0.3, 0.4) is 0 Å². The summed E-state index contributed by atoms with van der Waals surface area (Å²) in [7, 11) is 0. The average Bonchev–Trinajstić information content (AvgIpc) is 1.82. The van der Waals surface area contributed by atoms with Gasteiger partial charge in [0.15, 0.2) is 0 Å². The lowest BCUT2D eigenvalue weighted by Gasteiger charge is -2.37. The van der Waals surface area contributed by atoms with E-state index in [0.29, 0.717) is 17.1 Å². The molecule has 0 aromatic rings. The van der Waals surface area contributed by atoms with Gasteiger partial charge in [-0.05, 0) is 37.5 Å². The molecule has 70 valence electrons. The molecule has 1 aliphatic rings. The van der Waals surface area contributed by atoms with Gasteiger partial charge in [-0.3, -0.25) is 4.79 Å². The predicted octanol–water partition coefficient (Wildman–Crippen LogP) is 3.04. The maximum Gasteiger partial charge on any atom is 0.132 e. The van der Waals surface area contributed by atoms with Crippen LogP contribution in [0.25, 0.3) is 0 Å². The summed E-state index contributed by atoms with van der Waals surface area (Å²) >= 11 is 0. The van der Waals surface area contributed by atoms with E-state index in [1.165, 1.54) is 6.42 Å². The largest absolute Gasteiger partial charge is 0.300 e. The molecule has 12 heavy (non-hydrogen) atoms. The zero-order valence-electron chi connectivity index (χ0n) is 8.68. The molecule has 0 unspecified atom stereocenters. The van der Waals surface area contributed by atoms with Crippen molar-refractivity contribution in [2.75, 3.05) is 0 Å². The minimum atomic E-state index is 0.337. The van der Waals surface area contributed by atoms with Gasteiger partial charge in [0.1, 0.15) is 5.78 Å². The first kappa shape index (κ1) is 9.76. The SMILES string of the molecule is CC(=O)[C@@H]1C[C@@H](C)CC(C)(C)C1. The molecule has 0 aromatic carbocycles. The second-order valence-electron chi connectivity index (χ2n) is 5.22. The first-order valence-electron chi connectivity index (χ1n) is 4.91. The summed E-state index contributed by atoms with van der Waals surface area (Å²) in [6, 6.07) is 0. The quantitative estimate of drug-likeness (QED) is 0.588. The highest BCUT2D eigenvalue weighted by molar-refractivity contribution is 5.78.